The van der Waals surface area contributed by atoms with Gasteiger partial charge < -0.3 is 10.7 Å². The highest BCUT2D eigenvalue weighted by Crippen LogP contribution is 2.17. The zero-order valence-corrected chi connectivity index (χ0v) is 5.77. The Bertz CT molecular complexity index is 347. The lowest BCUT2D eigenvalue weighted by Crippen LogP contribution is -2.13. The minimum Gasteiger partial charge on any atom is -0.385 e. The summed E-state index contributed by atoms with van der Waals surface area (Å²) < 4.78 is 36.4. The number of hydrogen-bond donors (Lipinski definition) is 2. The molecule has 1 heterocycles. The van der Waals surface area contributed by atoms with Crippen molar-refractivity contribution in [3.63, 3.8) is 0 Å². The van der Waals surface area contributed by atoms with Gasteiger partial charge >= 0.3 is 0 Å². The molecule has 0 spiro atoms. The summed E-state index contributed by atoms with van der Waals surface area (Å²) in [6, 6.07) is 0.710. The number of rotatable bonds is 1. The van der Waals surface area contributed by atoms with Gasteiger partial charge in [0.15, 0.2) is 5.82 Å². The van der Waals surface area contributed by atoms with Gasteiger partial charge in [-0.05, 0) is 0 Å². The number of anilines is 1. The van der Waals surface area contributed by atoms with Crippen molar-refractivity contribution in [2.24, 2.45) is 0 Å². The van der Waals surface area contributed by atoms with Gasteiger partial charge in [-0.2, -0.15) is 0 Å². The fraction of sp³-hybridized carbons (Fsp3) is 0.167. The van der Waals surface area contributed by atoms with E-state index in [9.17, 15) is 18.0 Å². The highest BCUT2D eigenvalue weighted by atomic mass is 19.3. The Labute approximate surface area is 65.0 Å². The summed E-state index contributed by atoms with van der Waals surface area (Å²) >= 11 is 0. The second-order valence-corrected chi connectivity index (χ2v) is 2.12. The SMILES string of the molecule is Nc1cc(=O)c(F)c(C(F)F)[nH]1. The molecule has 0 aliphatic rings. The first-order valence-electron chi connectivity index (χ1n) is 2.98. The Balaban J connectivity index is 3.38. The highest BCUT2D eigenvalue weighted by molar-refractivity contribution is 5.30. The first-order chi connectivity index (χ1) is 5.52. The van der Waals surface area contributed by atoms with Crippen molar-refractivity contribution in [2.75, 3.05) is 5.73 Å². The summed E-state index contributed by atoms with van der Waals surface area (Å²) in [6.45, 7) is 0. The molecule has 0 aliphatic heterocycles. The van der Waals surface area contributed by atoms with E-state index in [0.29, 0.717) is 6.07 Å². The number of H-pyrrole nitrogens is 1. The van der Waals surface area contributed by atoms with Crippen molar-refractivity contribution in [2.45, 2.75) is 6.43 Å². The molecule has 0 aliphatic carbocycles. The number of aromatic amines is 1. The lowest BCUT2D eigenvalue weighted by atomic mass is 10.3. The molecule has 3 nitrogen and oxygen atoms in total. The standard InChI is InChI=1S/C6H5F3N2O/c7-4-2(12)1-3(10)11-5(4)6(8)9/h1,6H,(H3,10,11,12). The molecule has 66 valence electrons. The maximum absolute atomic E-state index is 12.6. The minimum absolute atomic E-state index is 0.281. The monoisotopic (exact) mass is 178 g/mol. The average molecular weight is 178 g/mol. The second kappa shape index (κ2) is 2.88. The third-order valence-electron chi connectivity index (χ3n) is 1.24. The topological polar surface area (TPSA) is 58.9 Å². The van der Waals surface area contributed by atoms with Gasteiger partial charge in [-0.15, -0.1) is 0 Å². The van der Waals surface area contributed by atoms with Crippen molar-refractivity contribution in [1.82, 2.24) is 4.98 Å². The van der Waals surface area contributed by atoms with Crippen LogP contribution in [-0.2, 0) is 0 Å². The van der Waals surface area contributed by atoms with Gasteiger partial charge in [0.25, 0.3) is 6.43 Å². The van der Waals surface area contributed by atoms with E-state index < -0.39 is 23.4 Å². The minimum atomic E-state index is -3.07. The number of aromatic nitrogens is 1. The van der Waals surface area contributed by atoms with Crippen molar-refractivity contribution >= 4 is 5.82 Å². The van der Waals surface area contributed by atoms with E-state index in [1.54, 1.807) is 0 Å². The fourth-order valence-electron chi connectivity index (χ4n) is 0.734. The van der Waals surface area contributed by atoms with Crippen LogP contribution in [0.25, 0.3) is 0 Å². The maximum atomic E-state index is 12.6. The Morgan fingerprint density at radius 1 is 1.50 bits per heavy atom. The Hall–Kier alpha value is -1.46. The summed E-state index contributed by atoms with van der Waals surface area (Å²) in [5.41, 5.74) is 2.80. The number of halogens is 3. The van der Waals surface area contributed by atoms with Crippen LogP contribution in [0.4, 0.5) is 19.0 Å². The number of nitrogen functional groups attached to an aromatic ring is 1. The van der Waals surface area contributed by atoms with Crippen LogP contribution in [0.1, 0.15) is 12.1 Å². The average Bonchev–Trinajstić information content (AvgIpc) is 1.96. The van der Waals surface area contributed by atoms with Gasteiger partial charge in [-0.25, -0.2) is 13.2 Å². The number of nitrogens with two attached hydrogens (primary N) is 1. The zero-order valence-electron chi connectivity index (χ0n) is 5.77. The number of hydrogen-bond acceptors (Lipinski definition) is 2. The van der Waals surface area contributed by atoms with Gasteiger partial charge in [0.05, 0.1) is 0 Å². The molecule has 1 rings (SSSR count). The molecule has 1 aromatic rings. The normalized spacial score (nSPS) is 10.7. The Kier molecular flexibility index (Phi) is 2.07. The third kappa shape index (κ3) is 1.41. The van der Waals surface area contributed by atoms with Crippen molar-refractivity contribution in [1.29, 1.82) is 0 Å². The first kappa shape index (κ1) is 8.63. The quantitative estimate of drug-likeness (QED) is 0.674. The largest absolute Gasteiger partial charge is 0.385 e. The van der Waals surface area contributed by atoms with Gasteiger partial charge in [0.2, 0.25) is 5.43 Å². The van der Waals surface area contributed by atoms with E-state index in [0.717, 1.165) is 0 Å². The smallest absolute Gasteiger partial charge is 0.281 e. The van der Waals surface area contributed by atoms with Crippen LogP contribution in [0.3, 0.4) is 0 Å². The summed E-state index contributed by atoms with van der Waals surface area (Å²) in [5, 5.41) is 0. The summed E-state index contributed by atoms with van der Waals surface area (Å²) in [7, 11) is 0. The van der Waals surface area contributed by atoms with Gasteiger partial charge in [-0.1, -0.05) is 0 Å². The van der Waals surface area contributed by atoms with E-state index in [1.165, 1.54) is 0 Å². The summed E-state index contributed by atoms with van der Waals surface area (Å²) in [6.07, 6.45) is -3.07. The molecule has 6 heteroatoms. The molecule has 0 radical (unpaired) electrons. The van der Waals surface area contributed by atoms with E-state index >= 15 is 0 Å². The maximum Gasteiger partial charge on any atom is 0.281 e. The van der Waals surface area contributed by atoms with E-state index in [2.05, 4.69) is 0 Å². The van der Waals surface area contributed by atoms with Crippen LogP contribution in [0.5, 0.6) is 0 Å². The second-order valence-electron chi connectivity index (χ2n) is 2.12. The molecule has 0 bridgehead atoms. The lowest BCUT2D eigenvalue weighted by molar-refractivity contribution is 0.140. The van der Waals surface area contributed by atoms with Crippen LogP contribution in [0, 0.1) is 5.82 Å². The molecule has 3 N–H and O–H groups in total. The highest BCUT2D eigenvalue weighted by Gasteiger charge is 2.16. The number of pyridine rings is 1. The van der Waals surface area contributed by atoms with Gasteiger partial charge in [0, 0.05) is 6.07 Å². The first-order valence-corrected chi connectivity index (χ1v) is 2.98. The van der Waals surface area contributed by atoms with Crippen LogP contribution < -0.4 is 11.2 Å². The van der Waals surface area contributed by atoms with E-state index in [4.69, 9.17) is 5.73 Å². The van der Waals surface area contributed by atoms with Gasteiger partial charge in [0.1, 0.15) is 11.5 Å². The molecule has 12 heavy (non-hydrogen) atoms. The summed E-state index contributed by atoms with van der Waals surface area (Å²) in [5.74, 6) is -1.77. The molecule has 0 saturated heterocycles. The molecule has 0 aromatic carbocycles. The molecule has 0 amide bonds. The molecule has 0 saturated carbocycles. The summed E-state index contributed by atoms with van der Waals surface area (Å²) in [4.78, 5) is 12.4. The van der Waals surface area contributed by atoms with Crippen LogP contribution in [0.15, 0.2) is 10.9 Å². The van der Waals surface area contributed by atoms with Crippen LogP contribution >= 0.6 is 0 Å². The molecule has 0 atom stereocenters. The molecule has 0 fully saturated rings. The Morgan fingerprint density at radius 2 is 2.08 bits per heavy atom. The predicted molar refractivity (Wildman–Crippen MR) is 36.4 cm³/mol. The molecular formula is C6H5F3N2O. The lowest BCUT2D eigenvalue weighted by Gasteiger charge is -2.01. The molecule has 0 unspecified atom stereocenters. The van der Waals surface area contributed by atoms with E-state index in [-0.39, 0.29) is 5.82 Å². The van der Waals surface area contributed by atoms with Crippen molar-refractivity contribution < 1.29 is 13.2 Å². The van der Waals surface area contributed by atoms with Crippen molar-refractivity contribution in [3.05, 3.63) is 27.8 Å². The van der Waals surface area contributed by atoms with Crippen LogP contribution in [-0.4, -0.2) is 4.98 Å². The molecular weight excluding hydrogens is 173 g/mol. The fourth-order valence-corrected chi connectivity index (χ4v) is 0.734. The zero-order chi connectivity index (χ0) is 9.30. The third-order valence-corrected chi connectivity index (χ3v) is 1.24. The Morgan fingerprint density at radius 3 is 2.58 bits per heavy atom. The van der Waals surface area contributed by atoms with Crippen LogP contribution in [0.2, 0.25) is 0 Å². The predicted octanol–water partition coefficient (Wildman–Crippen LogP) is 1.03. The van der Waals surface area contributed by atoms with Crippen molar-refractivity contribution in [3.8, 4) is 0 Å². The number of alkyl halides is 2. The molecule has 1 aromatic heterocycles. The van der Waals surface area contributed by atoms with Gasteiger partial charge in [-0.3, -0.25) is 4.79 Å². The number of nitrogens with one attached hydrogen (secondary N) is 1. The van der Waals surface area contributed by atoms with E-state index in [1.807, 2.05) is 4.98 Å².